The van der Waals surface area contributed by atoms with E-state index in [1.54, 1.807) is 55.6 Å². The van der Waals surface area contributed by atoms with Crippen molar-refractivity contribution < 1.29 is 17.9 Å². The maximum Gasteiger partial charge on any atom is 0.255 e. The number of carbonyl (C=O) groups is 1. The molecular weight excluding hydrogens is 400 g/mol. The molecule has 30 heavy (non-hydrogen) atoms. The van der Waals surface area contributed by atoms with Crippen molar-refractivity contribution in [3.05, 3.63) is 89.5 Å². The van der Waals surface area contributed by atoms with Gasteiger partial charge in [0, 0.05) is 17.3 Å². The first kappa shape index (κ1) is 21.4. The molecule has 0 saturated carbocycles. The lowest BCUT2D eigenvalue weighted by atomic mass is 10.1. The molecule has 0 radical (unpaired) electrons. The maximum absolute atomic E-state index is 12.5. The number of ether oxygens (including phenoxy) is 1. The van der Waals surface area contributed by atoms with Crippen molar-refractivity contribution in [2.75, 3.05) is 23.0 Å². The summed E-state index contributed by atoms with van der Waals surface area (Å²) in [6.07, 6.45) is 1.18. The van der Waals surface area contributed by atoms with Gasteiger partial charge in [-0.25, -0.2) is 8.42 Å². The fourth-order valence-electron chi connectivity index (χ4n) is 3.03. The van der Waals surface area contributed by atoms with Gasteiger partial charge in [0.15, 0.2) is 0 Å². The van der Waals surface area contributed by atoms with Gasteiger partial charge in [0.25, 0.3) is 5.91 Å². The Morgan fingerprint density at radius 3 is 2.33 bits per heavy atom. The van der Waals surface area contributed by atoms with Crippen LogP contribution in [0.2, 0.25) is 0 Å². The minimum absolute atomic E-state index is 0.223. The molecule has 0 heterocycles. The summed E-state index contributed by atoms with van der Waals surface area (Å²) < 4.78 is 31.3. The minimum Gasteiger partial charge on any atom is -0.497 e. The van der Waals surface area contributed by atoms with Crippen LogP contribution in [0.3, 0.4) is 0 Å². The molecule has 0 aliphatic rings. The first-order valence-corrected chi connectivity index (χ1v) is 11.2. The number of benzene rings is 3. The first-order chi connectivity index (χ1) is 14.3. The molecule has 0 spiro atoms. The highest BCUT2D eigenvalue weighted by molar-refractivity contribution is 7.92. The number of nitrogens with one attached hydrogen (secondary N) is 1. The Morgan fingerprint density at radius 1 is 1.00 bits per heavy atom. The standard InChI is InChI=1S/C23H24N2O4S/c1-17-7-4-5-8-19(17)16-25(30(3,27)28)21-13-11-18(12-14-21)23(26)24-20-9-6-10-22(15-20)29-2/h4-15H,16H2,1-3H3,(H,24,26). The van der Waals surface area contributed by atoms with Gasteiger partial charge < -0.3 is 10.1 Å². The lowest BCUT2D eigenvalue weighted by Crippen LogP contribution is -2.29. The van der Waals surface area contributed by atoms with E-state index in [0.29, 0.717) is 22.7 Å². The molecule has 0 aromatic heterocycles. The Labute approximate surface area is 177 Å². The number of hydrogen-bond donors (Lipinski definition) is 1. The zero-order valence-electron chi connectivity index (χ0n) is 17.1. The molecule has 3 aromatic carbocycles. The number of anilines is 2. The molecule has 1 amide bonds. The third kappa shape index (κ3) is 5.18. The average molecular weight is 425 g/mol. The fourth-order valence-corrected chi connectivity index (χ4v) is 3.90. The lowest BCUT2D eigenvalue weighted by molar-refractivity contribution is 0.102. The first-order valence-electron chi connectivity index (χ1n) is 9.35. The number of amides is 1. The highest BCUT2D eigenvalue weighted by atomic mass is 32.2. The third-order valence-electron chi connectivity index (χ3n) is 4.72. The summed E-state index contributed by atoms with van der Waals surface area (Å²) >= 11 is 0. The van der Waals surface area contributed by atoms with E-state index in [0.717, 1.165) is 11.1 Å². The van der Waals surface area contributed by atoms with Gasteiger partial charge in [-0.15, -0.1) is 0 Å². The van der Waals surface area contributed by atoms with Crippen molar-refractivity contribution in [1.29, 1.82) is 0 Å². The molecule has 0 aliphatic carbocycles. The number of rotatable bonds is 7. The summed E-state index contributed by atoms with van der Waals surface area (Å²) in [6.45, 7) is 2.17. The summed E-state index contributed by atoms with van der Waals surface area (Å²) in [5.41, 5.74) is 3.47. The lowest BCUT2D eigenvalue weighted by Gasteiger charge is -2.23. The summed E-state index contributed by atoms with van der Waals surface area (Å²) in [6, 6.07) is 21.2. The topological polar surface area (TPSA) is 75.7 Å². The number of hydrogen-bond acceptors (Lipinski definition) is 4. The monoisotopic (exact) mass is 424 g/mol. The number of methoxy groups -OCH3 is 1. The van der Waals surface area contributed by atoms with Crippen LogP contribution in [0.4, 0.5) is 11.4 Å². The van der Waals surface area contributed by atoms with E-state index in [4.69, 9.17) is 4.74 Å². The Morgan fingerprint density at radius 2 is 1.70 bits per heavy atom. The quantitative estimate of drug-likeness (QED) is 0.616. The van der Waals surface area contributed by atoms with Crippen LogP contribution in [0.25, 0.3) is 0 Å². The van der Waals surface area contributed by atoms with Crippen LogP contribution in [-0.2, 0) is 16.6 Å². The minimum atomic E-state index is -3.50. The highest BCUT2D eigenvalue weighted by Gasteiger charge is 2.19. The Bertz CT molecular complexity index is 1140. The van der Waals surface area contributed by atoms with E-state index in [-0.39, 0.29) is 12.5 Å². The molecule has 0 atom stereocenters. The fraction of sp³-hybridized carbons (Fsp3) is 0.174. The van der Waals surface area contributed by atoms with Crippen molar-refractivity contribution in [2.45, 2.75) is 13.5 Å². The van der Waals surface area contributed by atoms with E-state index < -0.39 is 10.0 Å². The van der Waals surface area contributed by atoms with Gasteiger partial charge in [-0.1, -0.05) is 30.3 Å². The van der Waals surface area contributed by atoms with Crippen LogP contribution in [-0.4, -0.2) is 27.7 Å². The van der Waals surface area contributed by atoms with Crippen LogP contribution < -0.4 is 14.4 Å². The molecule has 7 heteroatoms. The summed E-state index contributed by atoms with van der Waals surface area (Å²) in [4.78, 5) is 12.5. The molecule has 1 N–H and O–H groups in total. The van der Waals surface area contributed by atoms with E-state index in [2.05, 4.69) is 5.32 Å². The SMILES string of the molecule is COc1cccc(NC(=O)c2ccc(N(Cc3ccccc3C)S(C)(=O)=O)cc2)c1. The van der Waals surface area contributed by atoms with Gasteiger partial charge in [0.1, 0.15) is 5.75 Å². The Balaban J connectivity index is 1.81. The van der Waals surface area contributed by atoms with E-state index in [1.807, 2.05) is 31.2 Å². The van der Waals surface area contributed by atoms with Gasteiger partial charge in [-0.05, 0) is 54.4 Å². The van der Waals surface area contributed by atoms with Crippen LogP contribution in [0.15, 0.2) is 72.8 Å². The third-order valence-corrected chi connectivity index (χ3v) is 5.86. The van der Waals surface area contributed by atoms with Crippen molar-refractivity contribution in [2.24, 2.45) is 0 Å². The number of aryl methyl sites for hydroxylation is 1. The molecule has 3 rings (SSSR count). The molecule has 156 valence electrons. The second-order valence-electron chi connectivity index (χ2n) is 6.93. The summed E-state index contributed by atoms with van der Waals surface area (Å²) in [7, 11) is -1.94. The van der Waals surface area contributed by atoms with Crippen LogP contribution >= 0.6 is 0 Å². The summed E-state index contributed by atoms with van der Waals surface area (Å²) in [5, 5.41) is 2.81. The largest absolute Gasteiger partial charge is 0.497 e. The predicted molar refractivity (Wildman–Crippen MR) is 120 cm³/mol. The van der Waals surface area contributed by atoms with Gasteiger partial charge in [0.2, 0.25) is 10.0 Å². The van der Waals surface area contributed by atoms with E-state index in [1.165, 1.54) is 10.6 Å². The normalized spacial score (nSPS) is 11.0. The zero-order chi connectivity index (χ0) is 21.7. The molecule has 3 aromatic rings. The molecule has 0 aliphatic heterocycles. The van der Waals surface area contributed by atoms with Gasteiger partial charge >= 0.3 is 0 Å². The second kappa shape index (κ2) is 9.00. The summed E-state index contributed by atoms with van der Waals surface area (Å²) in [5.74, 6) is 0.350. The number of nitrogens with zero attached hydrogens (tertiary/aromatic N) is 1. The molecule has 0 unspecified atom stereocenters. The molecular formula is C23H24N2O4S. The molecule has 0 saturated heterocycles. The highest BCUT2D eigenvalue weighted by Crippen LogP contribution is 2.23. The molecule has 0 fully saturated rings. The van der Waals surface area contributed by atoms with Gasteiger partial charge in [-0.2, -0.15) is 0 Å². The molecule has 0 bridgehead atoms. The van der Waals surface area contributed by atoms with Crippen LogP contribution in [0, 0.1) is 6.92 Å². The van der Waals surface area contributed by atoms with Gasteiger partial charge in [-0.3, -0.25) is 9.10 Å². The van der Waals surface area contributed by atoms with Crippen molar-refractivity contribution >= 4 is 27.3 Å². The average Bonchev–Trinajstić information content (AvgIpc) is 2.72. The van der Waals surface area contributed by atoms with Gasteiger partial charge in [0.05, 0.1) is 25.6 Å². The van der Waals surface area contributed by atoms with E-state index in [9.17, 15) is 13.2 Å². The Kier molecular flexibility index (Phi) is 6.42. The van der Waals surface area contributed by atoms with E-state index >= 15 is 0 Å². The smallest absolute Gasteiger partial charge is 0.255 e. The zero-order valence-corrected chi connectivity index (χ0v) is 17.9. The van der Waals surface area contributed by atoms with Crippen LogP contribution in [0.1, 0.15) is 21.5 Å². The van der Waals surface area contributed by atoms with Crippen molar-refractivity contribution in [3.8, 4) is 5.75 Å². The number of carbonyl (C=O) groups excluding carboxylic acids is 1. The maximum atomic E-state index is 12.5. The number of sulfonamides is 1. The predicted octanol–water partition coefficient (Wildman–Crippen LogP) is 4.22. The Hall–Kier alpha value is -3.32. The van der Waals surface area contributed by atoms with Crippen LogP contribution in [0.5, 0.6) is 5.75 Å². The molecule has 6 nitrogen and oxygen atoms in total. The van der Waals surface area contributed by atoms with Crippen molar-refractivity contribution in [3.63, 3.8) is 0 Å². The second-order valence-corrected chi connectivity index (χ2v) is 8.84. The van der Waals surface area contributed by atoms with Crippen molar-refractivity contribution in [1.82, 2.24) is 0 Å².